The normalized spacial score (nSPS) is 24.4. The van der Waals surface area contributed by atoms with Crippen LogP contribution >= 0.6 is 0 Å². The van der Waals surface area contributed by atoms with E-state index in [0.717, 1.165) is 34.5 Å². The number of hydrogen-bond donors (Lipinski definition) is 0. The molecular weight excluding hydrogens is 552 g/mol. The maximum atomic E-state index is 12.9. The van der Waals surface area contributed by atoms with E-state index in [4.69, 9.17) is 33.2 Å². The first-order chi connectivity index (χ1) is 19.3. The Morgan fingerprint density at radius 2 is 1.46 bits per heavy atom. The Balaban J connectivity index is 1.84. The van der Waals surface area contributed by atoms with Crippen LogP contribution in [-0.4, -0.2) is 88.5 Å². The van der Waals surface area contributed by atoms with Crippen molar-refractivity contribution in [2.24, 2.45) is 0 Å². The van der Waals surface area contributed by atoms with Gasteiger partial charge in [0.2, 0.25) is 5.60 Å². The number of benzene rings is 1. The van der Waals surface area contributed by atoms with Gasteiger partial charge in [0.25, 0.3) is 0 Å². The van der Waals surface area contributed by atoms with Crippen molar-refractivity contribution in [3.63, 3.8) is 0 Å². The van der Waals surface area contributed by atoms with Crippen LogP contribution in [0.2, 0.25) is 0 Å². The molecule has 0 spiro atoms. The molecule has 224 valence electrons. The van der Waals surface area contributed by atoms with E-state index in [-0.39, 0.29) is 24.3 Å². The molecule has 2 fully saturated rings. The van der Waals surface area contributed by atoms with Crippen LogP contribution in [0.5, 0.6) is 11.5 Å². The van der Waals surface area contributed by atoms with Crippen molar-refractivity contribution in [3.05, 3.63) is 29.8 Å². The highest BCUT2D eigenvalue weighted by Gasteiger charge is 2.60. The summed E-state index contributed by atoms with van der Waals surface area (Å²) in [5.41, 5.74) is -1.55. The highest BCUT2D eigenvalue weighted by Crippen LogP contribution is 2.44. The number of carbonyl (C=O) groups is 5. The molecule has 4 atom stereocenters. The lowest BCUT2D eigenvalue weighted by Crippen LogP contribution is -2.58. The molecule has 0 bridgehead atoms. The third kappa shape index (κ3) is 7.64. The molecule has 0 radical (unpaired) electrons. The van der Waals surface area contributed by atoms with Crippen LogP contribution in [0.25, 0.3) is 6.08 Å². The van der Waals surface area contributed by atoms with Crippen molar-refractivity contribution in [2.45, 2.75) is 56.4 Å². The van der Waals surface area contributed by atoms with Gasteiger partial charge >= 0.3 is 30.4 Å². The molecule has 1 aromatic rings. The Morgan fingerprint density at radius 1 is 0.829 bits per heavy atom. The predicted octanol–water partition coefficient (Wildman–Crippen LogP) is 2.91. The lowest BCUT2D eigenvalue weighted by molar-refractivity contribution is -0.189. The second-order valence-electron chi connectivity index (χ2n) is 9.22. The smallest absolute Gasteiger partial charge is 0.466 e. The first-order valence-electron chi connectivity index (χ1n) is 12.1. The Hall–Kier alpha value is -4.37. The minimum atomic E-state index is -1.88. The summed E-state index contributed by atoms with van der Waals surface area (Å²) in [6.07, 6.45) is -4.03. The molecule has 1 aliphatic heterocycles. The van der Waals surface area contributed by atoms with Crippen molar-refractivity contribution in [2.75, 3.05) is 28.4 Å². The molecule has 2 aliphatic rings. The Morgan fingerprint density at radius 3 is 2.07 bits per heavy atom. The molecule has 15 heteroatoms. The van der Waals surface area contributed by atoms with Crippen LogP contribution in [0, 0.1) is 0 Å². The van der Waals surface area contributed by atoms with Crippen molar-refractivity contribution in [3.8, 4) is 11.5 Å². The van der Waals surface area contributed by atoms with Gasteiger partial charge in [-0.3, -0.25) is 0 Å². The zero-order chi connectivity index (χ0) is 30.4. The van der Waals surface area contributed by atoms with Gasteiger partial charge in [-0.1, -0.05) is 6.07 Å². The highest BCUT2D eigenvalue weighted by molar-refractivity contribution is 5.88. The molecular formula is C26H30O15. The molecule has 1 saturated heterocycles. The third-order valence-corrected chi connectivity index (χ3v) is 6.02. The Kier molecular flexibility index (Phi) is 9.78. The summed E-state index contributed by atoms with van der Waals surface area (Å²) in [5.74, 6) is -3.18. The summed E-state index contributed by atoms with van der Waals surface area (Å²) >= 11 is 0. The predicted molar refractivity (Wildman–Crippen MR) is 133 cm³/mol. The van der Waals surface area contributed by atoms with Crippen molar-refractivity contribution in [1.29, 1.82) is 0 Å². The number of fused-ring (bicyclic) bond motifs is 1. The molecule has 0 unspecified atom stereocenters. The van der Waals surface area contributed by atoms with Gasteiger partial charge in [0.05, 0.1) is 34.5 Å². The van der Waals surface area contributed by atoms with E-state index in [1.807, 2.05) is 0 Å². The van der Waals surface area contributed by atoms with Gasteiger partial charge in [0.15, 0.2) is 17.3 Å². The van der Waals surface area contributed by atoms with E-state index >= 15 is 0 Å². The maximum Gasteiger partial charge on any atom is 0.513 e. The molecule has 1 saturated carbocycles. The van der Waals surface area contributed by atoms with E-state index in [2.05, 4.69) is 14.2 Å². The van der Waals surface area contributed by atoms with E-state index in [9.17, 15) is 24.0 Å². The van der Waals surface area contributed by atoms with Gasteiger partial charge in [-0.05, 0) is 37.6 Å². The van der Waals surface area contributed by atoms with Crippen molar-refractivity contribution < 1.29 is 71.3 Å². The van der Waals surface area contributed by atoms with Crippen LogP contribution in [0.15, 0.2) is 24.3 Å². The quantitative estimate of drug-likeness (QED) is 0.198. The van der Waals surface area contributed by atoms with Gasteiger partial charge < -0.3 is 47.4 Å². The van der Waals surface area contributed by atoms with Crippen molar-refractivity contribution >= 4 is 36.5 Å². The first kappa shape index (κ1) is 31.2. The zero-order valence-electron chi connectivity index (χ0n) is 23.2. The lowest BCUT2D eigenvalue weighted by Gasteiger charge is -2.41. The summed E-state index contributed by atoms with van der Waals surface area (Å²) in [7, 11) is 4.39. The van der Waals surface area contributed by atoms with Crippen LogP contribution in [-0.2, 0) is 47.5 Å². The van der Waals surface area contributed by atoms with E-state index in [0.29, 0.717) is 5.56 Å². The summed E-state index contributed by atoms with van der Waals surface area (Å²) < 4.78 is 51.1. The largest absolute Gasteiger partial charge is 0.513 e. The second kappa shape index (κ2) is 12.9. The fraction of sp³-hybridized carbons (Fsp3) is 0.500. The summed E-state index contributed by atoms with van der Waals surface area (Å²) in [6, 6.07) is 4.04. The fourth-order valence-corrected chi connectivity index (χ4v) is 4.38. The molecule has 15 nitrogen and oxygen atoms in total. The third-order valence-electron chi connectivity index (χ3n) is 6.02. The van der Waals surface area contributed by atoms with E-state index in [1.54, 1.807) is 13.8 Å². The van der Waals surface area contributed by atoms with E-state index in [1.165, 1.54) is 24.3 Å². The number of hydrogen-bond acceptors (Lipinski definition) is 15. The van der Waals surface area contributed by atoms with Gasteiger partial charge in [0.1, 0.15) is 12.2 Å². The summed E-state index contributed by atoms with van der Waals surface area (Å²) in [4.78, 5) is 60.8. The van der Waals surface area contributed by atoms with Crippen LogP contribution < -0.4 is 9.47 Å². The minimum Gasteiger partial charge on any atom is -0.466 e. The molecule has 1 aromatic carbocycles. The molecule has 41 heavy (non-hydrogen) atoms. The molecule has 1 aliphatic carbocycles. The molecule has 0 aromatic heterocycles. The molecule has 0 N–H and O–H groups in total. The van der Waals surface area contributed by atoms with Gasteiger partial charge in [-0.25, -0.2) is 24.0 Å². The van der Waals surface area contributed by atoms with Crippen LogP contribution in [0.1, 0.15) is 32.3 Å². The first-order valence-corrected chi connectivity index (χ1v) is 12.1. The monoisotopic (exact) mass is 582 g/mol. The summed E-state index contributed by atoms with van der Waals surface area (Å²) in [6.45, 7) is 3.29. The number of ether oxygens (including phenoxy) is 10. The van der Waals surface area contributed by atoms with Gasteiger partial charge in [0, 0.05) is 18.9 Å². The summed E-state index contributed by atoms with van der Waals surface area (Å²) in [5, 5.41) is 0. The second-order valence-corrected chi connectivity index (χ2v) is 9.22. The number of methoxy groups -OCH3 is 4. The average molecular weight is 583 g/mol. The molecule has 0 amide bonds. The van der Waals surface area contributed by atoms with Gasteiger partial charge in [-0.15, -0.1) is 0 Å². The highest BCUT2D eigenvalue weighted by atomic mass is 16.8. The zero-order valence-corrected chi connectivity index (χ0v) is 23.2. The van der Waals surface area contributed by atoms with Crippen molar-refractivity contribution in [1.82, 2.24) is 0 Å². The topological polar surface area (TPSA) is 178 Å². The number of rotatable bonds is 7. The minimum absolute atomic E-state index is 0.129. The Bertz CT molecular complexity index is 1210. The Labute approximate surface area is 234 Å². The van der Waals surface area contributed by atoms with Crippen LogP contribution in [0.4, 0.5) is 14.4 Å². The standard InChI is InChI=1S/C26H30O15/c1-25(2)39-18-13-26(21(28)32-3,41-24(31)35-6)12-17(20(18)40-25)36-19(27)10-8-14-7-9-15(37-22(29)33-4)16(11-14)38-23(30)34-5/h7-11,17-18,20H,12-13H2,1-6H3/b10-8+/t17-,18-,20+,26-/m1/s1. The fourth-order valence-electron chi connectivity index (χ4n) is 4.38. The molecule has 3 rings (SSSR count). The SMILES string of the molecule is COC(=O)Oc1ccc(/C=C/C(=O)O[C@@H]2C[C@](OC(=O)OC)(C(=O)OC)C[C@H]3OC(C)(C)O[C@@H]23)cc1OC(=O)OC. The van der Waals surface area contributed by atoms with Crippen LogP contribution in [0.3, 0.4) is 0 Å². The number of carbonyl (C=O) groups excluding carboxylic acids is 5. The van der Waals surface area contributed by atoms with Gasteiger partial charge in [-0.2, -0.15) is 0 Å². The average Bonchev–Trinajstić information content (AvgIpc) is 3.25. The molecule has 1 heterocycles. The van der Waals surface area contributed by atoms with E-state index < -0.39 is 60.1 Å². The number of esters is 2. The maximum absolute atomic E-state index is 12.9. The lowest BCUT2D eigenvalue weighted by atomic mass is 9.79.